The molecule has 2 aliphatic rings. The van der Waals surface area contributed by atoms with Gasteiger partial charge in [-0.25, -0.2) is 8.42 Å². The van der Waals surface area contributed by atoms with Gasteiger partial charge < -0.3 is 9.30 Å². The molecule has 1 atom stereocenters. The third kappa shape index (κ3) is 3.30. The number of aromatic nitrogens is 1. The van der Waals surface area contributed by atoms with Gasteiger partial charge in [0.1, 0.15) is 0 Å². The maximum atomic E-state index is 12.7. The van der Waals surface area contributed by atoms with E-state index in [1.807, 2.05) is 46.0 Å². The number of carbonyl (C=O) groups is 1. The zero-order chi connectivity index (χ0) is 17.4. The fraction of sp³-hybridized carbons (Fsp3) is 0.500. The molecule has 134 valence electrons. The predicted molar refractivity (Wildman–Crippen MR) is 96.5 cm³/mol. The molecule has 1 unspecified atom stereocenters. The Morgan fingerprint density at radius 1 is 1.16 bits per heavy atom. The molecule has 4 rings (SSSR count). The van der Waals surface area contributed by atoms with E-state index in [0.717, 1.165) is 31.4 Å². The second-order valence-electron chi connectivity index (χ2n) is 6.99. The first-order chi connectivity index (χ1) is 12.0. The maximum absolute atomic E-state index is 12.7. The van der Waals surface area contributed by atoms with E-state index in [2.05, 4.69) is 4.90 Å². The van der Waals surface area contributed by atoms with Crippen molar-refractivity contribution >= 4 is 21.3 Å². The Kier molecular flexibility index (Phi) is 4.29. The van der Waals surface area contributed by atoms with Gasteiger partial charge >= 0.3 is 0 Å². The van der Waals surface area contributed by atoms with Crippen LogP contribution >= 0.6 is 0 Å². The second-order valence-corrected chi connectivity index (χ2v) is 9.39. The van der Waals surface area contributed by atoms with Gasteiger partial charge in [0.15, 0.2) is 9.84 Å². The highest BCUT2D eigenvalue weighted by molar-refractivity contribution is 7.92. The summed E-state index contributed by atoms with van der Waals surface area (Å²) in [7, 11) is -2.90. The van der Waals surface area contributed by atoms with Crippen LogP contribution in [0.4, 0.5) is 0 Å². The largest absolute Gasteiger partial charge is 0.336 e. The van der Waals surface area contributed by atoms with E-state index in [1.54, 1.807) is 0 Å². The standard InChI is InChI=1S/C18H23N3O3S/c22-18(15-12-16-4-1-2-6-21(16)13-15)20-9-7-19(8-10-20)14-17-5-3-11-25(17,23)24/h1-2,4,6,12-13,17H,3,5,7-11,14H2. The van der Waals surface area contributed by atoms with Gasteiger partial charge in [0.2, 0.25) is 0 Å². The van der Waals surface area contributed by atoms with E-state index in [1.165, 1.54) is 0 Å². The van der Waals surface area contributed by atoms with Crippen LogP contribution in [0.25, 0.3) is 5.52 Å². The molecule has 1 amide bonds. The normalized spacial score (nSPS) is 24.0. The molecule has 0 saturated carbocycles. The van der Waals surface area contributed by atoms with Gasteiger partial charge in [0.05, 0.1) is 16.6 Å². The number of carbonyl (C=O) groups excluding carboxylic acids is 1. The quantitative estimate of drug-likeness (QED) is 0.826. The minimum absolute atomic E-state index is 0.0526. The fourth-order valence-corrected chi connectivity index (χ4v) is 5.71. The number of piperazine rings is 1. The zero-order valence-electron chi connectivity index (χ0n) is 14.2. The summed E-state index contributed by atoms with van der Waals surface area (Å²) in [4.78, 5) is 16.8. The molecule has 0 radical (unpaired) electrons. The number of amides is 1. The van der Waals surface area contributed by atoms with Crippen LogP contribution in [0.3, 0.4) is 0 Å². The Hall–Kier alpha value is -1.86. The molecule has 7 heteroatoms. The zero-order valence-corrected chi connectivity index (χ0v) is 15.0. The molecule has 0 bridgehead atoms. The van der Waals surface area contributed by atoms with Crippen molar-refractivity contribution in [3.8, 4) is 0 Å². The number of hydrogen-bond donors (Lipinski definition) is 0. The van der Waals surface area contributed by atoms with Crippen molar-refractivity contribution < 1.29 is 13.2 Å². The van der Waals surface area contributed by atoms with Crippen molar-refractivity contribution in [2.75, 3.05) is 38.5 Å². The lowest BCUT2D eigenvalue weighted by Crippen LogP contribution is -2.50. The predicted octanol–water partition coefficient (Wildman–Crippen LogP) is 1.27. The Labute approximate surface area is 147 Å². The Bertz CT molecular complexity index is 849. The third-order valence-corrected chi connectivity index (χ3v) is 7.59. The van der Waals surface area contributed by atoms with Crippen molar-refractivity contribution in [1.82, 2.24) is 14.2 Å². The summed E-state index contributed by atoms with van der Waals surface area (Å²) in [6, 6.07) is 7.80. The molecule has 6 nitrogen and oxygen atoms in total. The molecule has 4 heterocycles. The van der Waals surface area contributed by atoms with Crippen LogP contribution in [0.15, 0.2) is 36.7 Å². The molecule has 0 aromatic carbocycles. The maximum Gasteiger partial charge on any atom is 0.255 e. The number of fused-ring (bicyclic) bond motifs is 1. The molecule has 0 spiro atoms. The lowest BCUT2D eigenvalue weighted by molar-refractivity contribution is 0.0637. The summed E-state index contributed by atoms with van der Waals surface area (Å²) in [6.07, 6.45) is 5.37. The van der Waals surface area contributed by atoms with Gasteiger partial charge in [-0.3, -0.25) is 9.69 Å². The van der Waals surface area contributed by atoms with Gasteiger partial charge in [-0.2, -0.15) is 0 Å². The molecule has 25 heavy (non-hydrogen) atoms. The minimum Gasteiger partial charge on any atom is -0.336 e. The van der Waals surface area contributed by atoms with E-state index in [4.69, 9.17) is 0 Å². The van der Waals surface area contributed by atoms with Crippen LogP contribution in [-0.4, -0.2) is 72.3 Å². The number of sulfone groups is 1. The lowest BCUT2D eigenvalue weighted by atomic mass is 10.2. The molecular formula is C18H23N3O3S. The molecule has 0 aliphatic carbocycles. The lowest BCUT2D eigenvalue weighted by Gasteiger charge is -2.35. The van der Waals surface area contributed by atoms with Crippen molar-refractivity contribution in [2.24, 2.45) is 0 Å². The SMILES string of the molecule is O=C(c1cc2ccccn2c1)N1CCN(CC2CCCS2(=O)=O)CC1. The Morgan fingerprint density at radius 3 is 2.64 bits per heavy atom. The first-order valence-corrected chi connectivity index (χ1v) is 10.5. The molecular weight excluding hydrogens is 338 g/mol. The van der Waals surface area contributed by atoms with E-state index < -0.39 is 9.84 Å². The van der Waals surface area contributed by atoms with Crippen LogP contribution in [0.1, 0.15) is 23.2 Å². The minimum atomic E-state index is -2.90. The first kappa shape index (κ1) is 16.6. The molecule has 2 aliphatic heterocycles. The van der Waals surface area contributed by atoms with Crippen LogP contribution in [0, 0.1) is 0 Å². The Morgan fingerprint density at radius 2 is 1.96 bits per heavy atom. The highest BCUT2D eigenvalue weighted by Gasteiger charge is 2.33. The van der Waals surface area contributed by atoms with E-state index in [-0.39, 0.29) is 11.2 Å². The summed E-state index contributed by atoms with van der Waals surface area (Å²) in [6.45, 7) is 3.40. The summed E-state index contributed by atoms with van der Waals surface area (Å²) in [5.41, 5.74) is 1.72. The number of nitrogens with zero attached hydrogens (tertiary/aromatic N) is 3. The van der Waals surface area contributed by atoms with Crippen molar-refractivity contribution in [3.05, 3.63) is 42.2 Å². The molecule has 2 saturated heterocycles. The van der Waals surface area contributed by atoms with E-state index in [0.29, 0.717) is 31.0 Å². The highest BCUT2D eigenvalue weighted by atomic mass is 32.2. The summed E-state index contributed by atoms with van der Waals surface area (Å²) in [5.74, 6) is 0.384. The number of hydrogen-bond acceptors (Lipinski definition) is 4. The summed E-state index contributed by atoms with van der Waals surface area (Å²) >= 11 is 0. The second kappa shape index (κ2) is 6.46. The number of pyridine rings is 1. The van der Waals surface area contributed by atoms with Gasteiger partial charge in [-0.1, -0.05) is 6.07 Å². The van der Waals surface area contributed by atoms with Crippen LogP contribution < -0.4 is 0 Å². The average molecular weight is 361 g/mol. The monoisotopic (exact) mass is 361 g/mol. The fourth-order valence-electron chi connectivity index (χ4n) is 3.84. The van der Waals surface area contributed by atoms with Crippen molar-refractivity contribution in [1.29, 1.82) is 0 Å². The van der Waals surface area contributed by atoms with Crippen LogP contribution in [-0.2, 0) is 9.84 Å². The van der Waals surface area contributed by atoms with Gasteiger partial charge in [-0.05, 0) is 31.0 Å². The molecule has 2 aromatic heterocycles. The van der Waals surface area contributed by atoms with Gasteiger partial charge in [0.25, 0.3) is 5.91 Å². The van der Waals surface area contributed by atoms with Crippen molar-refractivity contribution in [3.63, 3.8) is 0 Å². The molecule has 0 N–H and O–H groups in total. The topological polar surface area (TPSA) is 62.1 Å². The van der Waals surface area contributed by atoms with Crippen LogP contribution in [0.2, 0.25) is 0 Å². The van der Waals surface area contributed by atoms with Gasteiger partial charge in [0, 0.05) is 50.6 Å². The first-order valence-electron chi connectivity index (χ1n) is 8.83. The third-order valence-electron chi connectivity index (χ3n) is 5.34. The smallest absolute Gasteiger partial charge is 0.255 e. The molecule has 2 fully saturated rings. The van der Waals surface area contributed by atoms with E-state index in [9.17, 15) is 13.2 Å². The summed E-state index contributed by atoms with van der Waals surface area (Å²) < 4.78 is 25.9. The van der Waals surface area contributed by atoms with Crippen LogP contribution in [0.5, 0.6) is 0 Å². The number of rotatable bonds is 3. The highest BCUT2D eigenvalue weighted by Crippen LogP contribution is 2.22. The van der Waals surface area contributed by atoms with Gasteiger partial charge in [-0.15, -0.1) is 0 Å². The average Bonchev–Trinajstić information content (AvgIpc) is 3.18. The van der Waals surface area contributed by atoms with Crippen molar-refractivity contribution in [2.45, 2.75) is 18.1 Å². The molecule has 2 aromatic rings. The van der Waals surface area contributed by atoms with E-state index >= 15 is 0 Å². The Balaban J connectivity index is 1.37. The summed E-state index contributed by atoms with van der Waals surface area (Å²) in [5, 5.41) is -0.216.